The first-order chi connectivity index (χ1) is 26.9. The van der Waals surface area contributed by atoms with Crippen LogP contribution in [0.15, 0.2) is 29.8 Å². The lowest BCUT2D eigenvalue weighted by atomic mass is 9.41. The van der Waals surface area contributed by atoms with Gasteiger partial charge in [0.2, 0.25) is 5.91 Å². The first-order valence-corrected chi connectivity index (χ1v) is 24.6. The number of aliphatic hydroxyl groups excluding tert-OH is 2. The lowest BCUT2D eigenvalue weighted by molar-refractivity contribution is -0.183. The Morgan fingerprint density at radius 3 is 2.49 bits per heavy atom. The number of epoxide rings is 1. The second kappa shape index (κ2) is 14.0. The van der Waals surface area contributed by atoms with Gasteiger partial charge in [0, 0.05) is 35.2 Å². The number of aryl methyl sites for hydroxylation is 1. The maximum atomic E-state index is 15.1. The van der Waals surface area contributed by atoms with Crippen LogP contribution >= 0.6 is 21.6 Å². The van der Waals surface area contributed by atoms with Gasteiger partial charge in [-0.1, -0.05) is 62.1 Å². The minimum Gasteiger partial charge on any atom is -0.508 e. The fourth-order valence-electron chi connectivity index (χ4n) is 14.4. The number of hydrogen-bond donors (Lipinski definition) is 5. The lowest BCUT2D eigenvalue weighted by Gasteiger charge is -2.65. The van der Waals surface area contributed by atoms with Crippen LogP contribution in [0.4, 0.5) is 5.69 Å². The van der Waals surface area contributed by atoms with E-state index in [0.717, 1.165) is 54.7 Å². The van der Waals surface area contributed by atoms with Gasteiger partial charge in [-0.05, 0) is 142 Å². The van der Waals surface area contributed by atoms with E-state index >= 15 is 4.79 Å². The highest BCUT2D eigenvalue weighted by Crippen LogP contribution is 2.73. The summed E-state index contributed by atoms with van der Waals surface area (Å²) in [5.74, 6) is 1.77. The van der Waals surface area contributed by atoms with E-state index in [4.69, 9.17) is 4.74 Å². The molecule has 0 aromatic heterocycles. The average molecular weight is 824 g/mol. The highest BCUT2D eigenvalue weighted by molar-refractivity contribution is 8.76. The number of benzene rings is 1. The van der Waals surface area contributed by atoms with Gasteiger partial charge < -0.3 is 35.2 Å². The van der Waals surface area contributed by atoms with Gasteiger partial charge in [-0.25, -0.2) is 0 Å². The van der Waals surface area contributed by atoms with Crippen LogP contribution in [0.2, 0.25) is 0 Å². The van der Waals surface area contributed by atoms with Crippen molar-refractivity contribution in [3.8, 4) is 5.75 Å². The first-order valence-electron chi connectivity index (χ1n) is 22.1. The molecule has 0 radical (unpaired) electrons. The zero-order valence-corrected chi connectivity index (χ0v) is 36.2. The summed E-state index contributed by atoms with van der Waals surface area (Å²) >= 11 is 0. The molecule has 1 aromatic rings. The van der Waals surface area contributed by atoms with Crippen molar-refractivity contribution in [3.63, 3.8) is 0 Å². The van der Waals surface area contributed by atoms with Crippen molar-refractivity contribution in [2.24, 2.45) is 51.2 Å². The van der Waals surface area contributed by atoms with Crippen molar-refractivity contribution in [3.05, 3.63) is 35.4 Å². The van der Waals surface area contributed by atoms with Gasteiger partial charge in [-0.15, -0.1) is 0 Å². The maximum absolute atomic E-state index is 15.1. The number of carbonyl (C=O) groups excluding carboxylic acids is 2. The predicted octanol–water partition coefficient (Wildman–Crippen LogP) is 7.00. The normalized spacial score (nSPS) is 46.0. The third-order valence-corrected chi connectivity index (χ3v) is 20.7. The number of ketones is 1. The zero-order chi connectivity index (χ0) is 40.5. The summed E-state index contributed by atoms with van der Waals surface area (Å²) in [5.41, 5.74) is -3.21. The smallest absolute Gasteiger partial charge is 0.233 e. The summed E-state index contributed by atoms with van der Waals surface area (Å²) in [5, 5.41) is 60.2. The Hall–Kier alpha value is -1.60. The average Bonchev–Trinajstić information content (AvgIpc) is 3.83. The molecule has 1 aromatic carbocycles. The molecule has 11 rings (SSSR count). The fourth-order valence-corrected chi connectivity index (χ4v) is 17.6. The Kier molecular flexibility index (Phi) is 9.99. The third-order valence-electron chi connectivity index (χ3n) is 18.1. The minimum absolute atomic E-state index is 0.0719. The number of phenolic OH excluding ortho intramolecular Hbond substituents is 1. The molecule has 5 N–H and O–H groups in total. The topological polar surface area (TPSA) is 151 Å². The third kappa shape index (κ3) is 5.81. The van der Waals surface area contributed by atoms with E-state index in [1.807, 2.05) is 11.8 Å². The minimum atomic E-state index is -1.40. The van der Waals surface area contributed by atoms with Crippen molar-refractivity contribution in [1.29, 1.82) is 0 Å². The lowest BCUT2D eigenvalue weighted by Crippen LogP contribution is -2.67. The molecule has 2 saturated heterocycles. The first kappa shape index (κ1) is 40.8. The molecule has 57 heavy (non-hydrogen) atoms. The van der Waals surface area contributed by atoms with Gasteiger partial charge in [0.15, 0.2) is 5.78 Å². The van der Waals surface area contributed by atoms with Gasteiger partial charge in [0.25, 0.3) is 0 Å². The number of aromatic hydroxyl groups is 1. The van der Waals surface area contributed by atoms with E-state index in [9.17, 15) is 30.3 Å². The number of carbonyl (C=O) groups is 2. The molecule has 10 aliphatic rings. The second-order valence-electron chi connectivity index (χ2n) is 20.8. The summed E-state index contributed by atoms with van der Waals surface area (Å²) in [6, 6.07) is 5.55. The SMILES string of the molecule is CC(C)[C@@H](C)[C@@H]1O[C@H]1[C@](C)(O)[C@H]1CC[C@@]2(O)C3=CC(=O)[C@@]45CSSC[C@H]6CCCC[C@]67CCN(C7=O)c6cc(O)cc(c6)CC[C@@]12CC[C@@H]3[C@@]4(C)C[C@H](O)[C@H](O)C5. The monoisotopic (exact) mass is 823 g/mol. The number of fused-ring (bicyclic) bond motifs is 2. The van der Waals surface area contributed by atoms with Crippen molar-refractivity contribution >= 4 is 39.0 Å². The van der Waals surface area contributed by atoms with Gasteiger partial charge in [-0.3, -0.25) is 9.59 Å². The van der Waals surface area contributed by atoms with E-state index < -0.39 is 45.1 Å². The summed E-state index contributed by atoms with van der Waals surface area (Å²) < 4.78 is 6.34. The number of ether oxygens (including phenoxy) is 1. The highest BCUT2D eigenvalue weighted by Gasteiger charge is 2.74. The fraction of sp³-hybridized carbons (Fsp3) is 0.783. The van der Waals surface area contributed by atoms with E-state index in [-0.39, 0.29) is 66.2 Å². The second-order valence-corrected chi connectivity index (χ2v) is 23.3. The summed E-state index contributed by atoms with van der Waals surface area (Å²) in [7, 11) is 3.41. The van der Waals surface area contributed by atoms with Crippen LogP contribution in [-0.4, -0.2) is 90.9 Å². The Bertz CT molecular complexity index is 1840. The molecule has 6 fully saturated rings. The maximum Gasteiger partial charge on any atom is 0.233 e. The molecule has 3 spiro atoms. The number of hydrogen-bond acceptors (Lipinski definition) is 10. The van der Waals surface area contributed by atoms with Gasteiger partial charge >= 0.3 is 0 Å². The molecule has 11 heteroatoms. The van der Waals surface area contributed by atoms with Crippen LogP contribution in [0, 0.1) is 51.2 Å². The quantitative estimate of drug-likeness (QED) is 0.159. The molecular weight excluding hydrogens is 759 g/mol. The zero-order valence-electron chi connectivity index (χ0n) is 34.5. The molecule has 8 bridgehead atoms. The van der Waals surface area contributed by atoms with Crippen molar-refractivity contribution < 1.29 is 39.9 Å². The molecule has 4 saturated carbocycles. The van der Waals surface area contributed by atoms with Gasteiger partial charge in [0.05, 0.1) is 40.3 Å². The molecule has 314 valence electrons. The standard InChI is InChI=1S/C46H65NO8S2/c1-26(2)27(3)38-39(55-38)42(5,53)36-11-15-46(54)33-21-37(51)45-23-35(50)34(49)22-41(45,4)32(33)10-14-44(36,46)13-9-28-18-30(20-31(48)19-28)47-17-16-43(40(47)52)12-7-6-8-29(43)24-56-57-25-45/h18-21,26-27,29,32,34-36,38-39,48-50,53-54H,6-17,22-25H2,1-5H3/t27-,29-,32+,34+,35-,36-,38+,39-,41-,42-,43+,44-,45-,46-/m1/s1. The van der Waals surface area contributed by atoms with E-state index in [2.05, 4.69) is 33.8 Å². The van der Waals surface area contributed by atoms with Crippen molar-refractivity contribution in [1.82, 2.24) is 0 Å². The number of rotatable bonds is 4. The Morgan fingerprint density at radius 2 is 1.72 bits per heavy atom. The number of amides is 1. The Balaban J connectivity index is 1.17. The number of aliphatic hydroxyl groups is 4. The highest BCUT2D eigenvalue weighted by atomic mass is 33.1. The van der Waals surface area contributed by atoms with Crippen molar-refractivity contribution in [2.75, 3.05) is 23.0 Å². The summed E-state index contributed by atoms with van der Waals surface area (Å²) in [4.78, 5) is 31.6. The molecule has 5 aliphatic carbocycles. The van der Waals surface area contributed by atoms with Crippen LogP contribution in [0.25, 0.3) is 0 Å². The van der Waals surface area contributed by atoms with Crippen LogP contribution in [-0.2, 0) is 20.7 Å². The summed E-state index contributed by atoms with van der Waals surface area (Å²) in [6.45, 7) is 11.2. The summed E-state index contributed by atoms with van der Waals surface area (Å²) in [6.07, 6.45) is 7.76. The molecule has 5 heterocycles. The molecule has 14 atom stereocenters. The number of phenols is 1. The molecular formula is C46H65NO8S2. The van der Waals surface area contributed by atoms with Gasteiger partial charge in [-0.2, -0.15) is 0 Å². The van der Waals surface area contributed by atoms with Gasteiger partial charge in [0.1, 0.15) is 11.9 Å². The van der Waals surface area contributed by atoms with Crippen LogP contribution < -0.4 is 4.90 Å². The molecule has 9 nitrogen and oxygen atoms in total. The largest absolute Gasteiger partial charge is 0.508 e. The molecule has 1 amide bonds. The number of allylic oxidation sites excluding steroid dienone is 1. The number of nitrogens with zero attached hydrogens (tertiary/aromatic N) is 1. The number of anilines is 1. The van der Waals surface area contributed by atoms with Crippen LogP contribution in [0.1, 0.15) is 117 Å². The van der Waals surface area contributed by atoms with Crippen molar-refractivity contribution in [2.45, 2.75) is 154 Å². The van der Waals surface area contributed by atoms with E-state index in [1.54, 1.807) is 39.8 Å². The van der Waals surface area contributed by atoms with E-state index in [0.29, 0.717) is 56.7 Å². The Labute approximate surface area is 346 Å². The van der Waals surface area contributed by atoms with Crippen LogP contribution in [0.3, 0.4) is 0 Å². The predicted molar refractivity (Wildman–Crippen MR) is 224 cm³/mol. The van der Waals surface area contributed by atoms with E-state index in [1.165, 1.54) is 0 Å². The molecule has 5 aliphatic heterocycles. The Morgan fingerprint density at radius 1 is 0.947 bits per heavy atom. The van der Waals surface area contributed by atoms with Crippen LogP contribution in [0.5, 0.6) is 5.75 Å². The molecule has 0 unspecified atom stereocenters.